The van der Waals surface area contributed by atoms with Gasteiger partial charge in [-0.2, -0.15) is 0 Å². The predicted molar refractivity (Wildman–Crippen MR) is 81.7 cm³/mol. The normalized spacial score (nSPS) is 18.2. The van der Waals surface area contributed by atoms with E-state index in [1.54, 1.807) is 11.3 Å². The highest BCUT2D eigenvalue weighted by Gasteiger charge is 2.21. The summed E-state index contributed by atoms with van der Waals surface area (Å²) in [5, 5.41) is 1.10. The van der Waals surface area contributed by atoms with Gasteiger partial charge in [0.15, 0.2) is 0 Å². The molecule has 1 aliphatic carbocycles. The lowest BCUT2D eigenvalue weighted by atomic mass is 9.99. The average molecular weight is 273 g/mol. The Kier molecular flexibility index (Phi) is 3.29. The van der Waals surface area contributed by atoms with E-state index in [-0.39, 0.29) is 6.04 Å². The lowest BCUT2D eigenvalue weighted by molar-refractivity contribution is 0.573. The molecule has 2 N–H and O–H groups in total. The minimum absolute atomic E-state index is 0.191. The third-order valence-corrected chi connectivity index (χ3v) is 4.90. The van der Waals surface area contributed by atoms with Gasteiger partial charge in [0.2, 0.25) is 0 Å². The van der Waals surface area contributed by atoms with Gasteiger partial charge in [-0.1, -0.05) is 0 Å². The summed E-state index contributed by atoms with van der Waals surface area (Å²) in [5.41, 5.74) is 9.79. The van der Waals surface area contributed by atoms with Crippen molar-refractivity contribution in [2.75, 3.05) is 19.0 Å². The van der Waals surface area contributed by atoms with Crippen LogP contribution in [0.3, 0.4) is 0 Å². The standard InChI is InChI=1S/C15H19N3S/c1-18(2)11-8-6-10(7-9-11)15-17-13-5-3-4-12(16)14(13)19-15/h6-9,12H,3-5,16H2,1-2H3. The van der Waals surface area contributed by atoms with Crippen LogP contribution >= 0.6 is 11.3 Å². The maximum atomic E-state index is 6.17. The summed E-state index contributed by atoms with van der Waals surface area (Å²) in [7, 11) is 4.10. The first-order valence-corrected chi connectivity index (χ1v) is 7.50. The van der Waals surface area contributed by atoms with Gasteiger partial charge in [-0.25, -0.2) is 4.98 Å². The molecule has 0 amide bonds. The van der Waals surface area contributed by atoms with Gasteiger partial charge in [0.25, 0.3) is 0 Å². The summed E-state index contributed by atoms with van der Waals surface area (Å²) in [4.78, 5) is 8.16. The van der Waals surface area contributed by atoms with Crippen molar-refractivity contribution in [3.8, 4) is 10.6 Å². The van der Waals surface area contributed by atoms with E-state index >= 15 is 0 Å². The van der Waals surface area contributed by atoms with Crippen LogP contribution in [0, 0.1) is 0 Å². The molecule has 0 saturated carbocycles. The first-order valence-electron chi connectivity index (χ1n) is 6.68. The number of aryl methyl sites for hydroxylation is 1. The summed E-state index contributed by atoms with van der Waals surface area (Å²) in [5.74, 6) is 0. The summed E-state index contributed by atoms with van der Waals surface area (Å²) in [6.45, 7) is 0. The molecule has 1 aromatic carbocycles. The molecule has 0 saturated heterocycles. The zero-order valence-corrected chi connectivity index (χ0v) is 12.2. The highest BCUT2D eigenvalue weighted by atomic mass is 32.1. The molecular formula is C15H19N3S. The van der Waals surface area contributed by atoms with Crippen LogP contribution in [0.1, 0.15) is 29.5 Å². The van der Waals surface area contributed by atoms with Gasteiger partial charge in [-0.05, 0) is 43.5 Å². The maximum Gasteiger partial charge on any atom is 0.123 e. The van der Waals surface area contributed by atoms with Gasteiger partial charge in [-0.3, -0.25) is 0 Å². The van der Waals surface area contributed by atoms with Crippen LogP contribution in [0.4, 0.5) is 5.69 Å². The van der Waals surface area contributed by atoms with Gasteiger partial charge in [0.05, 0.1) is 5.69 Å². The molecule has 3 nitrogen and oxygen atoms in total. The lowest BCUT2D eigenvalue weighted by Gasteiger charge is -2.15. The van der Waals surface area contributed by atoms with Crippen molar-refractivity contribution in [2.24, 2.45) is 5.73 Å². The van der Waals surface area contributed by atoms with Gasteiger partial charge in [-0.15, -0.1) is 11.3 Å². The molecular weight excluding hydrogens is 254 g/mol. The Labute approximate surface area is 118 Å². The number of nitrogens with two attached hydrogens (primary N) is 1. The monoisotopic (exact) mass is 273 g/mol. The molecule has 100 valence electrons. The number of hydrogen-bond acceptors (Lipinski definition) is 4. The van der Waals surface area contributed by atoms with Gasteiger partial charge in [0.1, 0.15) is 5.01 Å². The second-order valence-corrected chi connectivity index (χ2v) is 6.30. The Bertz CT molecular complexity index is 572. The van der Waals surface area contributed by atoms with Crippen molar-refractivity contribution >= 4 is 17.0 Å². The Morgan fingerprint density at radius 1 is 1.26 bits per heavy atom. The minimum Gasteiger partial charge on any atom is -0.378 e. The van der Waals surface area contributed by atoms with Crippen molar-refractivity contribution in [1.29, 1.82) is 0 Å². The fourth-order valence-electron chi connectivity index (χ4n) is 2.48. The molecule has 0 aliphatic heterocycles. The molecule has 0 radical (unpaired) electrons. The summed E-state index contributed by atoms with van der Waals surface area (Å²) in [6.07, 6.45) is 3.33. The van der Waals surface area contributed by atoms with Crippen molar-refractivity contribution in [3.63, 3.8) is 0 Å². The van der Waals surface area contributed by atoms with Crippen molar-refractivity contribution in [3.05, 3.63) is 34.8 Å². The zero-order valence-electron chi connectivity index (χ0n) is 11.4. The lowest BCUT2D eigenvalue weighted by Crippen LogP contribution is -2.15. The van der Waals surface area contributed by atoms with Crippen LogP contribution in [-0.4, -0.2) is 19.1 Å². The molecule has 0 spiro atoms. The first kappa shape index (κ1) is 12.6. The van der Waals surface area contributed by atoms with Crippen LogP contribution in [0.25, 0.3) is 10.6 Å². The molecule has 1 atom stereocenters. The van der Waals surface area contributed by atoms with Crippen molar-refractivity contribution < 1.29 is 0 Å². The average Bonchev–Trinajstić information content (AvgIpc) is 2.84. The fourth-order valence-corrected chi connectivity index (χ4v) is 3.63. The van der Waals surface area contributed by atoms with Crippen LogP contribution in [0.5, 0.6) is 0 Å². The molecule has 2 aromatic rings. The molecule has 3 rings (SSSR count). The van der Waals surface area contributed by atoms with E-state index in [0.29, 0.717) is 0 Å². The van der Waals surface area contributed by atoms with Gasteiger partial charge < -0.3 is 10.6 Å². The predicted octanol–water partition coefficient (Wildman–Crippen LogP) is 3.21. The van der Waals surface area contributed by atoms with E-state index in [1.165, 1.54) is 21.8 Å². The van der Waals surface area contributed by atoms with E-state index in [2.05, 4.69) is 43.3 Å². The number of aromatic nitrogens is 1. The topological polar surface area (TPSA) is 42.2 Å². The smallest absolute Gasteiger partial charge is 0.123 e. The van der Waals surface area contributed by atoms with Crippen LogP contribution in [0.15, 0.2) is 24.3 Å². The Morgan fingerprint density at radius 3 is 2.63 bits per heavy atom. The van der Waals surface area contributed by atoms with Crippen LogP contribution in [-0.2, 0) is 6.42 Å². The van der Waals surface area contributed by atoms with Crippen LogP contribution in [0.2, 0.25) is 0 Å². The van der Waals surface area contributed by atoms with E-state index in [1.807, 2.05) is 0 Å². The first-order chi connectivity index (χ1) is 9.15. The van der Waals surface area contributed by atoms with Gasteiger partial charge >= 0.3 is 0 Å². The molecule has 0 fully saturated rings. The molecule has 1 aliphatic rings. The molecule has 0 bridgehead atoms. The van der Waals surface area contributed by atoms with E-state index in [0.717, 1.165) is 24.3 Å². The van der Waals surface area contributed by atoms with E-state index in [9.17, 15) is 0 Å². The molecule has 4 heteroatoms. The second-order valence-electron chi connectivity index (χ2n) is 5.27. The molecule has 19 heavy (non-hydrogen) atoms. The fraction of sp³-hybridized carbons (Fsp3) is 0.400. The maximum absolute atomic E-state index is 6.17. The third-order valence-electron chi connectivity index (χ3n) is 3.62. The highest BCUT2D eigenvalue weighted by molar-refractivity contribution is 7.15. The van der Waals surface area contributed by atoms with Gasteiger partial charge in [0, 0.05) is 36.3 Å². The quantitative estimate of drug-likeness (QED) is 0.913. The third kappa shape index (κ3) is 2.38. The largest absolute Gasteiger partial charge is 0.378 e. The Hall–Kier alpha value is -1.39. The number of rotatable bonds is 2. The Morgan fingerprint density at radius 2 is 2.00 bits per heavy atom. The molecule has 1 aromatic heterocycles. The SMILES string of the molecule is CN(C)c1ccc(-c2nc3c(s2)C(N)CCC3)cc1. The number of nitrogens with zero attached hydrogens (tertiary/aromatic N) is 2. The summed E-state index contributed by atoms with van der Waals surface area (Å²) in [6, 6.07) is 8.75. The highest BCUT2D eigenvalue weighted by Crippen LogP contribution is 2.36. The van der Waals surface area contributed by atoms with Crippen molar-refractivity contribution in [2.45, 2.75) is 25.3 Å². The van der Waals surface area contributed by atoms with Crippen molar-refractivity contribution in [1.82, 2.24) is 4.98 Å². The number of anilines is 1. The second kappa shape index (κ2) is 4.94. The molecule has 1 heterocycles. The molecule has 1 unspecified atom stereocenters. The van der Waals surface area contributed by atoms with Crippen LogP contribution < -0.4 is 10.6 Å². The Balaban J connectivity index is 1.94. The summed E-state index contributed by atoms with van der Waals surface area (Å²) >= 11 is 1.76. The minimum atomic E-state index is 0.191. The summed E-state index contributed by atoms with van der Waals surface area (Å²) < 4.78 is 0. The van der Waals surface area contributed by atoms with E-state index in [4.69, 9.17) is 10.7 Å². The number of hydrogen-bond donors (Lipinski definition) is 1. The number of benzene rings is 1. The van der Waals surface area contributed by atoms with E-state index < -0.39 is 0 Å². The number of thiazole rings is 1. The zero-order chi connectivity index (χ0) is 13.4. The number of fused-ring (bicyclic) bond motifs is 1.